The normalized spacial score (nSPS) is 11.3. The zero-order chi connectivity index (χ0) is 19.0. The van der Waals surface area contributed by atoms with Gasteiger partial charge < -0.3 is 33.2 Å². The Morgan fingerprint density at radius 2 is 0.654 bits per heavy atom. The van der Waals surface area contributed by atoms with Crippen molar-refractivity contribution in [1.82, 2.24) is 0 Å². The van der Waals surface area contributed by atoms with Gasteiger partial charge in [-0.15, -0.1) is 0 Å². The minimum Gasteiger partial charge on any atom is -0.379 e. The monoisotopic (exact) mass is 380 g/mol. The third-order valence-corrected chi connectivity index (χ3v) is 3.33. The Kier molecular flexibility index (Phi) is 24.5. The second-order valence-electron chi connectivity index (χ2n) is 5.58. The first kappa shape index (κ1) is 25.7. The molecule has 158 valence electrons. The first-order chi connectivity index (χ1) is 12.9. The molecule has 0 aliphatic heterocycles. The van der Waals surface area contributed by atoms with E-state index in [4.69, 9.17) is 33.2 Å². The van der Waals surface area contributed by atoms with Gasteiger partial charge in [-0.05, 0) is 13.3 Å². The van der Waals surface area contributed by atoms with E-state index < -0.39 is 0 Å². The van der Waals surface area contributed by atoms with Gasteiger partial charge >= 0.3 is 0 Å². The molecule has 0 N–H and O–H groups in total. The van der Waals surface area contributed by atoms with E-state index in [1.807, 2.05) is 6.92 Å². The zero-order valence-corrected chi connectivity index (χ0v) is 16.9. The predicted octanol–water partition coefficient (Wildman–Crippen LogP) is 2.31. The fraction of sp³-hybridized carbons (Fsp3) is 1.00. The molecule has 0 saturated heterocycles. The van der Waals surface area contributed by atoms with Crippen LogP contribution in [0.15, 0.2) is 0 Å². The lowest BCUT2D eigenvalue weighted by Gasteiger charge is -2.08. The highest BCUT2D eigenvalue weighted by atomic mass is 16.6. The molecule has 7 nitrogen and oxygen atoms in total. The van der Waals surface area contributed by atoms with Crippen LogP contribution in [0.2, 0.25) is 0 Å². The van der Waals surface area contributed by atoms with Crippen molar-refractivity contribution in [2.75, 3.05) is 92.5 Å². The summed E-state index contributed by atoms with van der Waals surface area (Å²) in [7, 11) is 0. The molecule has 0 rings (SSSR count). The van der Waals surface area contributed by atoms with Gasteiger partial charge in [-0.25, -0.2) is 0 Å². The van der Waals surface area contributed by atoms with Crippen LogP contribution in [-0.2, 0) is 33.2 Å². The predicted molar refractivity (Wildman–Crippen MR) is 101 cm³/mol. The Morgan fingerprint density at radius 3 is 0.962 bits per heavy atom. The smallest absolute Gasteiger partial charge is 0.0701 e. The highest BCUT2D eigenvalue weighted by molar-refractivity contribution is 4.38. The summed E-state index contributed by atoms with van der Waals surface area (Å²) >= 11 is 0. The van der Waals surface area contributed by atoms with E-state index in [0.717, 1.165) is 19.6 Å². The third kappa shape index (κ3) is 23.7. The second-order valence-corrected chi connectivity index (χ2v) is 5.58. The molecule has 0 aromatic heterocycles. The van der Waals surface area contributed by atoms with Crippen LogP contribution in [0.5, 0.6) is 0 Å². The maximum Gasteiger partial charge on any atom is 0.0701 e. The maximum absolute atomic E-state index is 5.45. The molecule has 7 heteroatoms. The molecule has 0 saturated carbocycles. The van der Waals surface area contributed by atoms with Crippen LogP contribution < -0.4 is 0 Å². The summed E-state index contributed by atoms with van der Waals surface area (Å²) in [5.74, 6) is 0. The quantitative estimate of drug-likeness (QED) is 0.252. The second kappa shape index (κ2) is 24.7. The van der Waals surface area contributed by atoms with Gasteiger partial charge in [-0.2, -0.15) is 0 Å². The summed E-state index contributed by atoms with van der Waals surface area (Å²) < 4.78 is 37.6. The highest BCUT2D eigenvalue weighted by Gasteiger charge is 1.94. The van der Waals surface area contributed by atoms with Crippen LogP contribution in [0, 0.1) is 0 Å². The van der Waals surface area contributed by atoms with Gasteiger partial charge in [0.1, 0.15) is 0 Å². The molecule has 0 radical (unpaired) electrons. The largest absolute Gasteiger partial charge is 0.379 e. The lowest BCUT2D eigenvalue weighted by Crippen LogP contribution is -2.14. The summed E-state index contributed by atoms with van der Waals surface area (Å²) in [5.41, 5.74) is 0. The molecular weight excluding hydrogens is 340 g/mol. The molecule has 0 atom stereocenters. The Balaban J connectivity index is 2.95. The Hall–Kier alpha value is -0.280. The molecule has 0 bridgehead atoms. The van der Waals surface area contributed by atoms with E-state index in [2.05, 4.69) is 6.92 Å². The Morgan fingerprint density at radius 1 is 0.346 bits per heavy atom. The summed E-state index contributed by atoms with van der Waals surface area (Å²) in [6.45, 7) is 12.8. The molecule has 0 aromatic rings. The van der Waals surface area contributed by atoms with E-state index in [0.29, 0.717) is 79.3 Å². The van der Waals surface area contributed by atoms with Crippen LogP contribution in [0.3, 0.4) is 0 Å². The molecule has 0 aliphatic rings. The summed E-state index contributed by atoms with van der Waals surface area (Å²) in [6.07, 6.45) is 3.58. The fourth-order valence-electron chi connectivity index (χ4n) is 1.92. The molecule has 0 fully saturated rings. The summed E-state index contributed by atoms with van der Waals surface area (Å²) in [5, 5.41) is 0. The molecule has 0 aliphatic carbocycles. The van der Waals surface area contributed by atoms with Crippen molar-refractivity contribution < 1.29 is 33.2 Å². The molecule has 0 amide bonds. The van der Waals surface area contributed by atoms with Crippen LogP contribution in [0.1, 0.15) is 33.1 Å². The fourth-order valence-corrected chi connectivity index (χ4v) is 1.92. The number of hydrogen-bond donors (Lipinski definition) is 0. The van der Waals surface area contributed by atoms with Crippen LogP contribution in [0.25, 0.3) is 0 Å². The van der Waals surface area contributed by atoms with Crippen molar-refractivity contribution in [3.05, 3.63) is 0 Å². The first-order valence-corrected chi connectivity index (χ1v) is 9.96. The van der Waals surface area contributed by atoms with Crippen molar-refractivity contribution >= 4 is 0 Å². The van der Waals surface area contributed by atoms with Gasteiger partial charge in [-0.1, -0.05) is 19.8 Å². The van der Waals surface area contributed by atoms with Crippen LogP contribution >= 0.6 is 0 Å². The Bertz CT molecular complexity index is 218. The van der Waals surface area contributed by atoms with Crippen molar-refractivity contribution in [1.29, 1.82) is 0 Å². The Labute approximate surface area is 159 Å². The standard InChI is InChI=1S/C19H40O7/c1-3-5-6-7-21-10-11-23-14-15-25-18-19-26-17-16-24-13-12-22-9-8-20-4-2/h3-19H2,1-2H3. The minimum absolute atomic E-state index is 0.564. The number of ether oxygens (including phenoxy) is 7. The zero-order valence-electron chi connectivity index (χ0n) is 16.9. The van der Waals surface area contributed by atoms with Gasteiger partial charge in [0.05, 0.1) is 79.3 Å². The van der Waals surface area contributed by atoms with E-state index in [9.17, 15) is 0 Å². The van der Waals surface area contributed by atoms with Crippen LogP contribution in [-0.4, -0.2) is 92.5 Å². The molecule has 0 aromatic carbocycles. The van der Waals surface area contributed by atoms with Crippen LogP contribution in [0.4, 0.5) is 0 Å². The first-order valence-electron chi connectivity index (χ1n) is 9.96. The van der Waals surface area contributed by atoms with Gasteiger partial charge in [0.25, 0.3) is 0 Å². The van der Waals surface area contributed by atoms with E-state index in [1.54, 1.807) is 0 Å². The average Bonchev–Trinajstić information content (AvgIpc) is 2.66. The van der Waals surface area contributed by atoms with Crippen molar-refractivity contribution in [2.24, 2.45) is 0 Å². The average molecular weight is 381 g/mol. The third-order valence-electron chi connectivity index (χ3n) is 3.33. The number of rotatable bonds is 23. The number of hydrogen-bond acceptors (Lipinski definition) is 7. The van der Waals surface area contributed by atoms with Gasteiger partial charge in [0, 0.05) is 13.2 Å². The van der Waals surface area contributed by atoms with Crippen molar-refractivity contribution in [3.8, 4) is 0 Å². The van der Waals surface area contributed by atoms with Gasteiger partial charge in [-0.3, -0.25) is 0 Å². The van der Waals surface area contributed by atoms with E-state index in [1.165, 1.54) is 12.8 Å². The van der Waals surface area contributed by atoms with E-state index in [-0.39, 0.29) is 0 Å². The van der Waals surface area contributed by atoms with Crippen molar-refractivity contribution in [2.45, 2.75) is 33.1 Å². The molecule has 0 unspecified atom stereocenters. The molecule has 0 heterocycles. The number of unbranched alkanes of at least 4 members (excludes halogenated alkanes) is 2. The van der Waals surface area contributed by atoms with Gasteiger partial charge in [0.2, 0.25) is 0 Å². The minimum atomic E-state index is 0.564. The SMILES string of the molecule is CCCCCOCCOCCOCCOCCOCCOCCOCC. The molecular formula is C19H40O7. The van der Waals surface area contributed by atoms with Gasteiger partial charge in [0.15, 0.2) is 0 Å². The van der Waals surface area contributed by atoms with Crippen molar-refractivity contribution in [3.63, 3.8) is 0 Å². The lowest BCUT2D eigenvalue weighted by atomic mass is 10.3. The van der Waals surface area contributed by atoms with E-state index >= 15 is 0 Å². The summed E-state index contributed by atoms with van der Waals surface area (Å²) in [4.78, 5) is 0. The maximum atomic E-state index is 5.45. The summed E-state index contributed by atoms with van der Waals surface area (Å²) in [6, 6.07) is 0. The lowest BCUT2D eigenvalue weighted by molar-refractivity contribution is -0.0202. The molecule has 26 heavy (non-hydrogen) atoms. The molecule has 0 spiro atoms. The topological polar surface area (TPSA) is 64.6 Å². The highest BCUT2D eigenvalue weighted by Crippen LogP contribution is 1.93.